The summed E-state index contributed by atoms with van der Waals surface area (Å²) in [5.41, 5.74) is 0. The Morgan fingerprint density at radius 1 is 0.611 bits per heavy atom. The summed E-state index contributed by atoms with van der Waals surface area (Å²) < 4.78 is 42.6. The fourth-order valence-electron chi connectivity index (χ4n) is 2.85. The van der Waals surface area contributed by atoms with Crippen molar-refractivity contribution >= 4 is 11.7 Å². The van der Waals surface area contributed by atoms with Crippen molar-refractivity contribution in [3.63, 3.8) is 0 Å². The van der Waals surface area contributed by atoms with Gasteiger partial charge in [0, 0.05) is 13.5 Å². The molecule has 0 saturated carbocycles. The van der Waals surface area contributed by atoms with Crippen LogP contribution in [-0.2, 0) is 47.5 Å². The Morgan fingerprint density at radius 2 is 0.944 bits per heavy atom. The van der Waals surface area contributed by atoms with E-state index >= 15 is 0 Å². The first-order valence-corrected chi connectivity index (χ1v) is 12.9. The number of rotatable bonds is 28. The number of ketones is 1. The standard InChI is InChI=1S/C25H49NO10/c1-5-22(2)25(23(3)27)26-24(28)6-7-30-10-11-32-14-15-34-18-19-36-21-20-35-17-16-33-13-12-31-9-8-29-4/h22,25H,5-21H2,1-4H3,(H,26,28)/t22-,25-/m0/s1. The molecule has 0 bridgehead atoms. The van der Waals surface area contributed by atoms with Crippen molar-refractivity contribution in [3.05, 3.63) is 0 Å². The zero-order valence-electron chi connectivity index (χ0n) is 22.8. The monoisotopic (exact) mass is 523 g/mol. The van der Waals surface area contributed by atoms with Crippen LogP contribution < -0.4 is 5.32 Å². The van der Waals surface area contributed by atoms with Crippen molar-refractivity contribution in [2.45, 2.75) is 39.7 Å². The van der Waals surface area contributed by atoms with Gasteiger partial charge in [0.05, 0.1) is 105 Å². The van der Waals surface area contributed by atoms with E-state index in [1.165, 1.54) is 6.92 Å². The summed E-state index contributed by atoms with van der Waals surface area (Å²) in [4.78, 5) is 23.6. The van der Waals surface area contributed by atoms with Gasteiger partial charge in [-0.15, -0.1) is 0 Å². The molecule has 36 heavy (non-hydrogen) atoms. The van der Waals surface area contributed by atoms with Gasteiger partial charge in [-0.2, -0.15) is 0 Å². The first-order valence-electron chi connectivity index (χ1n) is 12.9. The summed E-state index contributed by atoms with van der Waals surface area (Å²) in [6.07, 6.45) is 1.04. The second kappa shape index (κ2) is 26.9. The summed E-state index contributed by atoms with van der Waals surface area (Å²) in [5.74, 6) is -0.0889. The highest BCUT2D eigenvalue weighted by Gasteiger charge is 2.22. The lowest BCUT2D eigenvalue weighted by Gasteiger charge is -2.21. The Morgan fingerprint density at radius 3 is 1.25 bits per heavy atom. The fraction of sp³-hybridized carbons (Fsp3) is 0.920. The van der Waals surface area contributed by atoms with E-state index in [1.807, 2.05) is 13.8 Å². The summed E-state index contributed by atoms with van der Waals surface area (Å²) >= 11 is 0. The molecule has 0 fully saturated rings. The van der Waals surface area contributed by atoms with E-state index in [1.54, 1.807) is 7.11 Å². The Hall–Kier alpha value is -1.18. The van der Waals surface area contributed by atoms with Crippen LogP contribution in [0, 0.1) is 5.92 Å². The average Bonchev–Trinajstić information content (AvgIpc) is 2.87. The molecule has 0 aliphatic heterocycles. The van der Waals surface area contributed by atoms with Crippen LogP contribution in [0.15, 0.2) is 0 Å². The third kappa shape index (κ3) is 23.2. The molecule has 0 radical (unpaired) electrons. The first kappa shape index (κ1) is 34.8. The molecule has 0 spiro atoms. The zero-order chi connectivity index (χ0) is 26.7. The molecule has 11 heteroatoms. The number of hydrogen-bond donors (Lipinski definition) is 1. The van der Waals surface area contributed by atoms with Gasteiger partial charge in [0.1, 0.15) is 0 Å². The molecule has 0 aliphatic rings. The molecule has 0 aromatic rings. The minimum absolute atomic E-state index is 0.0245. The highest BCUT2D eigenvalue weighted by atomic mass is 16.6. The summed E-state index contributed by atoms with van der Waals surface area (Å²) in [6.45, 7) is 12.8. The Balaban J connectivity index is 3.28. The van der Waals surface area contributed by atoms with E-state index in [2.05, 4.69) is 5.32 Å². The molecule has 214 valence electrons. The van der Waals surface area contributed by atoms with Gasteiger partial charge in [-0.1, -0.05) is 20.3 Å². The number of ether oxygens (including phenoxy) is 8. The van der Waals surface area contributed by atoms with Crippen molar-refractivity contribution in [1.82, 2.24) is 5.32 Å². The number of carbonyl (C=O) groups excluding carboxylic acids is 2. The third-order valence-electron chi connectivity index (χ3n) is 5.10. The molecule has 0 unspecified atom stereocenters. The van der Waals surface area contributed by atoms with E-state index in [4.69, 9.17) is 37.9 Å². The highest BCUT2D eigenvalue weighted by Crippen LogP contribution is 2.08. The van der Waals surface area contributed by atoms with Crippen molar-refractivity contribution in [2.24, 2.45) is 5.92 Å². The van der Waals surface area contributed by atoms with E-state index in [9.17, 15) is 9.59 Å². The maximum atomic E-state index is 12.0. The Kier molecular flexibility index (Phi) is 26.0. The Labute approximate surface area is 216 Å². The largest absolute Gasteiger partial charge is 0.382 e. The molecule has 1 N–H and O–H groups in total. The van der Waals surface area contributed by atoms with Crippen LogP contribution in [0.4, 0.5) is 0 Å². The zero-order valence-corrected chi connectivity index (χ0v) is 22.8. The second-order valence-electron chi connectivity index (χ2n) is 8.07. The van der Waals surface area contributed by atoms with Crippen LogP contribution in [0.25, 0.3) is 0 Å². The van der Waals surface area contributed by atoms with Crippen LogP contribution in [0.1, 0.15) is 33.6 Å². The lowest BCUT2D eigenvalue weighted by molar-refractivity contribution is -0.128. The number of carbonyl (C=O) groups is 2. The lowest BCUT2D eigenvalue weighted by Crippen LogP contribution is -2.44. The number of amides is 1. The summed E-state index contributed by atoms with van der Waals surface area (Å²) in [6, 6.07) is -0.433. The maximum absolute atomic E-state index is 12.0. The molecular weight excluding hydrogens is 474 g/mol. The van der Waals surface area contributed by atoms with Gasteiger partial charge >= 0.3 is 0 Å². The van der Waals surface area contributed by atoms with E-state index in [-0.39, 0.29) is 30.6 Å². The van der Waals surface area contributed by atoms with Gasteiger partial charge in [-0.3, -0.25) is 9.59 Å². The van der Waals surface area contributed by atoms with Crippen LogP contribution >= 0.6 is 0 Å². The molecule has 2 atom stereocenters. The highest BCUT2D eigenvalue weighted by molar-refractivity contribution is 5.87. The molecule has 0 heterocycles. The molecule has 0 aliphatic carbocycles. The molecule has 0 rings (SSSR count). The molecule has 0 saturated heterocycles. The summed E-state index contributed by atoms with van der Waals surface area (Å²) in [5, 5.41) is 2.79. The third-order valence-corrected chi connectivity index (χ3v) is 5.10. The van der Waals surface area contributed by atoms with Gasteiger partial charge in [0.2, 0.25) is 5.91 Å². The minimum Gasteiger partial charge on any atom is -0.382 e. The maximum Gasteiger partial charge on any atom is 0.222 e. The predicted octanol–water partition coefficient (Wildman–Crippen LogP) is 1.26. The van der Waals surface area contributed by atoms with Crippen LogP contribution in [0.5, 0.6) is 0 Å². The van der Waals surface area contributed by atoms with E-state index in [0.29, 0.717) is 92.5 Å². The van der Waals surface area contributed by atoms with Gasteiger partial charge in [-0.25, -0.2) is 0 Å². The predicted molar refractivity (Wildman–Crippen MR) is 134 cm³/mol. The molecule has 0 aromatic heterocycles. The van der Waals surface area contributed by atoms with Crippen LogP contribution in [-0.4, -0.2) is 124 Å². The van der Waals surface area contributed by atoms with E-state index < -0.39 is 6.04 Å². The van der Waals surface area contributed by atoms with Crippen molar-refractivity contribution in [1.29, 1.82) is 0 Å². The molecular formula is C25H49NO10. The number of nitrogens with one attached hydrogen (secondary N) is 1. The normalized spacial score (nSPS) is 13.0. The molecule has 0 aromatic carbocycles. The first-order chi connectivity index (χ1) is 17.5. The van der Waals surface area contributed by atoms with Crippen molar-refractivity contribution in [2.75, 3.05) is 106 Å². The topological polar surface area (TPSA) is 120 Å². The van der Waals surface area contributed by atoms with Crippen molar-refractivity contribution in [3.8, 4) is 0 Å². The lowest BCUT2D eigenvalue weighted by atomic mass is 9.96. The SMILES string of the molecule is CC[C@H](C)[C@H](NC(=O)CCOCCOCCOCCOCCOCCOCCOCCOC)C(C)=O. The van der Waals surface area contributed by atoms with Gasteiger partial charge in [-0.05, 0) is 12.8 Å². The number of methoxy groups -OCH3 is 1. The quantitative estimate of drug-likeness (QED) is 0.150. The average molecular weight is 524 g/mol. The second-order valence-corrected chi connectivity index (χ2v) is 8.07. The molecule has 1 amide bonds. The van der Waals surface area contributed by atoms with Gasteiger partial charge in [0.15, 0.2) is 5.78 Å². The number of hydrogen-bond acceptors (Lipinski definition) is 10. The Bertz CT molecular complexity index is 509. The van der Waals surface area contributed by atoms with E-state index in [0.717, 1.165) is 6.42 Å². The number of Topliss-reactive ketones (excluding diaryl/α,β-unsaturated/α-hetero) is 1. The van der Waals surface area contributed by atoms with Crippen LogP contribution in [0.2, 0.25) is 0 Å². The van der Waals surface area contributed by atoms with Gasteiger partial charge in [0.25, 0.3) is 0 Å². The van der Waals surface area contributed by atoms with Gasteiger partial charge < -0.3 is 43.2 Å². The van der Waals surface area contributed by atoms with Crippen LogP contribution in [0.3, 0.4) is 0 Å². The minimum atomic E-state index is -0.433. The molecule has 11 nitrogen and oxygen atoms in total. The fourth-order valence-corrected chi connectivity index (χ4v) is 2.85. The smallest absolute Gasteiger partial charge is 0.222 e. The summed E-state index contributed by atoms with van der Waals surface area (Å²) in [7, 11) is 1.64. The van der Waals surface area contributed by atoms with Crippen molar-refractivity contribution < 1.29 is 47.5 Å².